The lowest BCUT2D eigenvalue weighted by Gasteiger charge is -2.23. The maximum Gasteiger partial charge on any atom is 0.241 e. The van der Waals surface area contributed by atoms with Gasteiger partial charge < -0.3 is 24.8 Å². The Morgan fingerprint density at radius 3 is 2.23 bits per heavy atom. The van der Waals surface area contributed by atoms with E-state index in [0.717, 1.165) is 25.8 Å². The molecule has 124 valence electrons. The van der Waals surface area contributed by atoms with Crippen LogP contribution in [-0.4, -0.2) is 39.8 Å². The first kappa shape index (κ1) is 18.4. The molecule has 1 aromatic rings. The summed E-state index contributed by atoms with van der Waals surface area (Å²) in [6, 6.07) is 3.31. The SMILES string of the molecule is COc1cc(NC(=O)[C@H]2CCCCN2)cc(OC)c1OC.Cl. The Hall–Kier alpha value is -1.66. The summed E-state index contributed by atoms with van der Waals surface area (Å²) in [7, 11) is 4.64. The van der Waals surface area contributed by atoms with E-state index in [1.54, 1.807) is 33.5 Å². The third-order valence-electron chi connectivity index (χ3n) is 3.56. The van der Waals surface area contributed by atoms with Crippen LogP contribution < -0.4 is 24.8 Å². The van der Waals surface area contributed by atoms with Gasteiger partial charge in [0.15, 0.2) is 11.5 Å². The summed E-state index contributed by atoms with van der Waals surface area (Å²) in [6.07, 6.45) is 3.05. The largest absolute Gasteiger partial charge is 0.493 e. The number of benzene rings is 1. The fraction of sp³-hybridized carbons (Fsp3) is 0.533. The monoisotopic (exact) mass is 330 g/mol. The van der Waals surface area contributed by atoms with Gasteiger partial charge in [-0.25, -0.2) is 0 Å². The molecule has 0 spiro atoms. The molecule has 0 radical (unpaired) electrons. The van der Waals surface area contributed by atoms with E-state index in [2.05, 4.69) is 10.6 Å². The summed E-state index contributed by atoms with van der Waals surface area (Å²) < 4.78 is 15.8. The number of anilines is 1. The maximum absolute atomic E-state index is 12.2. The Morgan fingerprint density at radius 1 is 1.14 bits per heavy atom. The number of methoxy groups -OCH3 is 3. The maximum atomic E-state index is 12.2. The molecule has 2 rings (SSSR count). The minimum absolute atomic E-state index is 0. The van der Waals surface area contributed by atoms with Crippen molar-refractivity contribution in [2.75, 3.05) is 33.2 Å². The van der Waals surface area contributed by atoms with Crippen molar-refractivity contribution < 1.29 is 19.0 Å². The van der Waals surface area contributed by atoms with Gasteiger partial charge in [-0.3, -0.25) is 4.79 Å². The van der Waals surface area contributed by atoms with Crippen LogP contribution in [0.2, 0.25) is 0 Å². The second kappa shape index (κ2) is 8.70. The number of ether oxygens (including phenoxy) is 3. The number of piperidine rings is 1. The minimum atomic E-state index is -0.141. The lowest BCUT2D eigenvalue weighted by molar-refractivity contribution is -0.118. The molecule has 0 unspecified atom stereocenters. The molecule has 22 heavy (non-hydrogen) atoms. The summed E-state index contributed by atoms with van der Waals surface area (Å²) in [4.78, 5) is 12.2. The highest BCUT2D eigenvalue weighted by Crippen LogP contribution is 2.39. The van der Waals surface area contributed by atoms with Crippen molar-refractivity contribution in [3.05, 3.63) is 12.1 Å². The van der Waals surface area contributed by atoms with E-state index in [4.69, 9.17) is 14.2 Å². The van der Waals surface area contributed by atoms with Crippen molar-refractivity contribution in [1.29, 1.82) is 0 Å². The second-order valence-corrected chi connectivity index (χ2v) is 4.91. The zero-order chi connectivity index (χ0) is 15.2. The molecule has 1 heterocycles. The third kappa shape index (κ3) is 4.18. The standard InChI is InChI=1S/C15H22N2O4.ClH/c1-19-12-8-10(9-13(20-2)14(12)21-3)17-15(18)11-6-4-5-7-16-11;/h8-9,11,16H,4-7H2,1-3H3,(H,17,18);1H/t11-;/m1./s1. The average molecular weight is 331 g/mol. The van der Waals surface area contributed by atoms with Crippen LogP contribution in [0.25, 0.3) is 0 Å². The molecule has 1 aromatic carbocycles. The summed E-state index contributed by atoms with van der Waals surface area (Å²) >= 11 is 0. The quantitative estimate of drug-likeness (QED) is 0.866. The van der Waals surface area contributed by atoms with E-state index >= 15 is 0 Å². The summed E-state index contributed by atoms with van der Waals surface area (Å²) in [5.41, 5.74) is 0.627. The molecule has 0 aromatic heterocycles. The second-order valence-electron chi connectivity index (χ2n) is 4.91. The molecule has 1 saturated heterocycles. The van der Waals surface area contributed by atoms with Crippen LogP contribution in [0.4, 0.5) is 5.69 Å². The van der Waals surface area contributed by atoms with Crippen LogP contribution in [0, 0.1) is 0 Å². The Labute approximate surface area is 136 Å². The van der Waals surface area contributed by atoms with Gasteiger partial charge in [-0.2, -0.15) is 0 Å². The summed E-state index contributed by atoms with van der Waals surface area (Å²) in [5.74, 6) is 1.50. The Kier molecular flexibility index (Phi) is 7.27. The third-order valence-corrected chi connectivity index (χ3v) is 3.56. The molecule has 0 saturated carbocycles. The molecule has 1 fully saturated rings. The van der Waals surface area contributed by atoms with Gasteiger partial charge in [-0.15, -0.1) is 12.4 Å². The fourth-order valence-electron chi connectivity index (χ4n) is 2.46. The van der Waals surface area contributed by atoms with Crippen LogP contribution in [0.15, 0.2) is 12.1 Å². The number of nitrogens with one attached hydrogen (secondary N) is 2. The van der Waals surface area contributed by atoms with Crippen molar-refractivity contribution in [2.45, 2.75) is 25.3 Å². The van der Waals surface area contributed by atoms with Crippen molar-refractivity contribution in [2.24, 2.45) is 0 Å². The van der Waals surface area contributed by atoms with E-state index in [1.165, 1.54) is 0 Å². The normalized spacial score (nSPS) is 17.1. The number of hydrogen-bond acceptors (Lipinski definition) is 5. The molecular formula is C15H23ClN2O4. The lowest BCUT2D eigenvalue weighted by Crippen LogP contribution is -2.43. The number of amides is 1. The Morgan fingerprint density at radius 2 is 1.77 bits per heavy atom. The van der Waals surface area contributed by atoms with Crippen LogP contribution in [0.1, 0.15) is 19.3 Å². The number of carbonyl (C=O) groups is 1. The number of rotatable bonds is 5. The highest BCUT2D eigenvalue weighted by atomic mass is 35.5. The first-order valence-corrected chi connectivity index (χ1v) is 7.04. The molecule has 2 N–H and O–H groups in total. The molecule has 0 bridgehead atoms. The topological polar surface area (TPSA) is 68.8 Å². The van der Waals surface area contributed by atoms with Gasteiger partial charge in [0.2, 0.25) is 11.7 Å². The van der Waals surface area contributed by atoms with Crippen molar-refractivity contribution in [3.8, 4) is 17.2 Å². The fourth-order valence-corrected chi connectivity index (χ4v) is 2.46. The Balaban J connectivity index is 0.00000242. The van der Waals surface area contributed by atoms with E-state index in [9.17, 15) is 4.79 Å². The van der Waals surface area contributed by atoms with Gasteiger partial charge in [-0.1, -0.05) is 6.42 Å². The summed E-state index contributed by atoms with van der Waals surface area (Å²) in [5, 5.41) is 6.12. The highest BCUT2D eigenvalue weighted by Gasteiger charge is 2.21. The van der Waals surface area contributed by atoms with E-state index in [0.29, 0.717) is 22.9 Å². The van der Waals surface area contributed by atoms with Crippen LogP contribution in [0.5, 0.6) is 17.2 Å². The van der Waals surface area contributed by atoms with Gasteiger partial charge in [-0.05, 0) is 19.4 Å². The van der Waals surface area contributed by atoms with Crippen LogP contribution in [0.3, 0.4) is 0 Å². The first-order valence-electron chi connectivity index (χ1n) is 7.04. The highest BCUT2D eigenvalue weighted by molar-refractivity contribution is 5.95. The summed E-state index contributed by atoms with van der Waals surface area (Å²) in [6.45, 7) is 0.882. The van der Waals surface area contributed by atoms with Gasteiger partial charge in [0.25, 0.3) is 0 Å². The zero-order valence-electron chi connectivity index (χ0n) is 13.1. The predicted molar refractivity (Wildman–Crippen MR) is 87.6 cm³/mol. The molecule has 1 amide bonds. The number of carbonyl (C=O) groups excluding carboxylic acids is 1. The zero-order valence-corrected chi connectivity index (χ0v) is 13.9. The van der Waals surface area contributed by atoms with Crippen molar-refractivity contribution in [1.82, 2.24) is 5.32 Å². The van der Waals surface area contributed by atoms with E-state index in [1.807, 2.05) is 0 Å². The molecule has 6 nitrogen and oxygen atoms in total. The van der Waals surface area contributed by atoms with Crippen LogP contribution in [-0.2, 0) is 4.79 Å². The number of halogens is 1. The first-order chi connectivity index (χ1) is 10.2. The van der Waals surface area contributed by atoms with Gasteiger partial charge in [0.05, 0.1) is 27.4 Å². The minimum Gasteiger partial charge on any atom is -0.493 e. The van der Waals surface area contributed by atoms with E-state index < -0.39 is 0 Å². The Bertz CT molecular complexity index is 479. The van der Waals surface area contributed by atoms with Gasteiger partial charge in [0, 0.05) is 17.8 Å². The molecule has 1 atom stereocenters. The van der Waals surface area contributed by atoms with Crippen molar-refractivity contribution >= 4 is 24.0 Å². The van der Waals surface area contributed by atoms with Gasteiger partial charge in [0.1, 0.15) is 0 Å². The molecule has 0 aliphatic carbocycles. The van der Waals surface area contributed by atoms with Crippen LogP contribution >= 0.6 is 12.4 Å². The smallest absolute Gasteiger partial charge is 0.241 e. The van der Waals surface area contributed by atoms with Crippen molar-refractivity contribution in [3.63, 3.8) is 0 Å². The van der Waals surface area contributed by atoms with Gasteiger partial charge >= 0.3 is 0 Å². The lowest BCUT2D eigenvalue weighted by atomic mass is 10.0. The van der Waals surface area contributed by atoms with E-state index in [-0.39, 0.29) is 24.4 Å². The molecular weight excluding hydrogens is 308 g/mol. The average Bonchev–Trinajstić information content (AvgIpc) is 2.54. The molecule has 1 aliphatic heterocycles. The predicted octanol–water partition coefficient (Wildman–Crippen LogP) is 2.21. The molecule has 7 heteroatoms. The molecule has 1 aliphatic rings. The number of hydrogen-bond donors (Lipinski definition) is 2.